The molecule has 88 valence electrons. The van der Waals surface area contributed by atoms with Crippen molar-refractivity contribution < 1.29 is 10.2 Å². The molecule has 3 N–H and O–H groups in total. The Bertz CT molecular complexity index is 434. The average Bonchev–Trinajstić information content (AvgIpc) is 2.31. The number of benzene rings is 1. The second-order valence-electron chi connectivity index (χ2n) is 2.59. The highest BCUT2D eigenvalue weighted by molar-refractivity contribution is 7.45. The second-order valence-corrected chi connectivity index (χ2v) is 7.16. The molecule has 0 aliphatic heterocycles. The SMILES string of the molecule is Cln1[pH]np[nH][pH]1.OCc1ccccc1O. The highest BCUT2D eigenvalue weighted by atomic mass is 35.5. The van der Waals surface area contributed by atoms with E-state index in [-0.39, 0.29) is 12.4 Å². The van der Waals surface area contributed by atoms with Crippen LogP contribution in [-0.4, -0.2) is 22.8 Å². The van der Waals surface area contributed by atoms with Gasteiger partial charge in [0.05, 0.1) is 15.1 Å². The van der Waals surface area contributed by atoms with E-state index in [1.54, 1.807) is 27.9 Å². The van der Waals surface area contributed by atoms with Crippen LogP contribution in [0, 0.1) is 0 Å². The number of aliphatic hydroxyl groups excluding tert-OH is 1. The van der Waals surface area contributed by atoms with Crippen LogP contribution in [0.1, 0.15) is 5.56 Å². The minimum atomic E-state index is -0.104. The molecule has 16 heavy (non-hydrogen) atoms. The van der Waals surface area contributed by atoms with Crippen molar-refractivity contribution in [3.05, 3.63) is 29.8 Å². The fourth-order valence-corrected chi connectivity index (χ4v) is 4.19. The van der Waals surface area contributed by atoms with Crippen molar-refractivity contribution in [2.75, 3.05) is 0 Å². The number of nitrogens with zero attached hydrogens (tertiary/aromatic N) is 2. The number of hydrogen-bond acceptors (Lipinski definition) is 3. The van der Waals surface area contributed by atoms with Crippen LogP contribution in [0.4, 0.5) is 0 Å². The van der Waals surface area contributed by atoms with E-state index in [0.29, 0.717) is 22.6 Å². The van der Waals surface area contributed by atoms with Gasteiger partial charge in [0.1, 0.15) is 14.3 Å². The largest absolute Gasteiger partial charge is 0.508 e. The van der Waals surface area contributed by atoms with Crippen LogP contribution in [0.15, 0.2) is 24.3 Å². The van der Waals surface area contributed by atoms with Gasteiger partial charge in [-0.1, -0.05) is 18.2 Å². The number of nitrogens with one attached hydrogen (secondary N) is 1. The summed E-state index contributed by atoms with van der Waals surface area (Å²) >= 11 is 5.51. The van der Waals surface area contributed by atoms with E-state index in [9.17, 15) is 0 Å². The van der Waals surface area contributed by atoms with E-state index < -0.39 is 0 Å². The molecule has 0 aliphatic rings. The first-order valence-electron chi connectivity index (χ1n) is 4.23. The van der Waals surface area contributed by atoms with E-state index in [1.165, 1.54) is 0 Å². The maximum atomic E-state index is 8.95. The fraction of sp³-hybridized carbons (Fsp3) is 0.143. The van der Waals surface area contributed by atoms with Crippen molar-refractivity contribution in [2.45, 2.75) is 6.61 Å². The van der Waals surface area contributed by atoms with Crippen molar-refractivity contribution in [1.29, 1.82) is 0 Å². The number of halogens is 1. The molecule has 0 bridgehead atoms. The predicted octanol–water partition coefficient (Wildman–Crippen LogP) is 2.86. The molecule has 0 radical (unpaired) electrons. The third kappa shape index (κ3) is 5.07. The lowest BCUT2D eigenvalue weighted by molar-refractivity contribution is 0.275. The number of aromatic amines is 1. The van der Waals surface area contributed by atoms with Crippen LogP contribution in [-0.2, 0) is 6.61 Å². The van der Waals surface area contributed by atoms with E-state index in [0.717, 1.165) is 8.51 Å². The van der Waals surface area contributed by atoms with Crippen molar-refractivity contribution in [3.63, 3.8) is 0 Å². The van der Waals surface area contributed by atoms with Crippen LogP contribution in [0.3, 0.4) is 0 Å². The Balaban J connectivity index is 0.000000165. The summed E-state index contributed by atoms with van der Waals surface area (Å²) in [6.07, 6.45) is 0. The molecule has 5 nitrogen and oxygen atoms in total. The summed E-state index contributed by atoms with van der Waals surface area (Å²) < 4.78 is 8.55. The standard InChI is InChI=1S/C7H8O2.ClH3N3P3/c8-5-6-3-1-2-4-7(6)9;1-4-6-2-5-3-7-4/h1-4,8-9H,5H2;6-7H,(H,2,3). The molecule has 0 fully saturated rings. The number of aromatic nitrogens is 3. The van der Waals surface area contributed by atoms with Crippen LogP contribution >= 0.6 is 37.3 Å². The maximum Gasteiger partial charge on any atom is 0.138 e. The zero-order valence-electron chi connectivity index (χ0n) is 8.13. The zero-order valence-corrected chi connectivity index (χ0v) is 11.8. The van der Waals surface area contributed by atoms with E-state index >= 15 is 0 Å². The fourth-order valence-electron chi connectivity index (χ4n) is 0.822. The lowest BCUT2D eigenvalue weighted by Gasteiger charge is -1.96. The first-order valence-corrected chi connectivity index (χ1v) is 7.26. The molecular weight excluding hydrogens is 286 g/mol. The van der Waals surface area contributed by atoms with Gasteiger partial charge in [-0.05, 0) is 6.07 Å². The molecule has 0 aliphatic carbocycles. The van der Waals surface area contributed by atoms with Crippen molar-refractivity contribution >= 4 is 37.3 Å². The normalized spacial score (nSPS) is 10.6. The molecule has 1 aromatic carbocycles. The van der Waals surface area contributed by atoms with Crippen molar-refractivity contribution in [2.24, 2.45) is 0 Å². The molecule has 2 unspecified atom stereocenters. The van der Waals surface area contributed by atoms with Gasteiger partial charge in [0.25, 0.3) is 0 Å². The smallest absolute Gasteiger partial charge is 0.138 e. The van der Waals surface area contributed by atoms with Crippen LogP contribution < -0.4 is 0 Å². The number of phenols is 1. The van der Waals surface area contributed by atoms with E-state index in [1.807, 2.05) is 0 Å². The Morgan fingerprint density at radius 3 is 2.62 bits per heavy atom. The van der Waals surface area contributed by atoms with E-state index in [4.69, 9.17) is 22.0 Å². The third-order valence-corrected chi connectivity index (χ3v) is 4.59. The lowest BCUT2D eigenvalue weighted by atomic mass is 10.2. The molecular formula is C7H11ClN3O2P3. The van der Waals surface area contributed by atoms with Gasteiger partial charge < -0.3 is 14.7 Å². The molecule has 9 heteroatoms. The molecule has 1 heterocycles. The molecule has 0 amide bonds. The number of para-hydroxylation sites is 1. The highest BCUT2D eigenvalue weighted by Crippen LogP contribution is 2.14. The monoisotopic (exact) mass is 297 g/mol. The first kappa shape index (κ1) is 13.6. The third-order valence-electron chi connectivity index (χ3n) is 1.54. The highest BCUT2D eigenvalue weighted by Gasteiger charge is 1.93. The van der Waals surface area contributed by atoms with Gasteiger partial charge in [0.2, 0.25) is 0 Å². The van der Waals surface area contributed by atoms with Crippen molar-refractivity contribution in [1.82, 2.24) is 12.6 Å². The second kappa shape index (κ2) is 7.78. The van der Waals surface area contributed by atoms with Gasteiger partial charge in [-0.3, -0.25) is 0 Å². The summed E-state index contributed by atoms with van der Waals surface area (Å²) in [5.74, 6) is 0.153. The van der Waals surface area contributed by atoms with Gasteiger partial charge in [-0.2, -0.15) is 4.51 Å². The minimum absolute atomic E-state index is 0.104. The Hall–Kier alpha value is -0.430. The predicted molar refractivity (Wildman–Crippen MR) is 71.0 cm³/mol. The van der Waals surface area contributed by atoms with E-state index in [2.05, 4.69) is 9.02 Å². The molecule has 2 atom stereocenters. The van der Waals surface area contributed by atoms with Gasteiger partial charge in [0.15, 0.2) is 0 Å². The molecule has 0 saturated carbocycles. The number of aliphatic hydroxyl groups is 1. The lowest BCUT2D eigenvalue weighted by Crippen LogP contribution is -1.80. The number of H-pyrrole nitrogens is 1. The van der Waals surface area contributed by atoms with Gasteiger partial charge in [-0.25, -0.2) is 3.61 Å². The van der Waals surface area contributed by atoms with Crippen LogP contribution in [0.25, 0.3) is 0 Å². The number of hydrogen-bond donors (Lipinski definition) is 3. The zero-order chi connectivity index (χ0) is 11.8. The molecule has 1 aromatic heterocycles. The molecule has 2 rings (SSSR count). The molecule has 2 aromatic rings. The Labute approximate surface area is 103 Å². The number of aromatic hydroxyl groups is 1. The summed E-state index contributed by atoms with van der Waals surface area (Å²) in [5, 5.41) is 17.5. The van der Waals surface area contributed by atoms with Crippen molar-refractivity contribution in [3.8, 4) is 5.75 Å². The first-order chi connectivity index (χ1) is 7.74. The summed E-state index contributed by atoms with van der Waals surface area (Å²) in [5.41, 5.74) is 0.567. The van der Waals surface area contributed by atoms with Gasteiger partial charge in [-0.15, -0.1) is 0 Å². The molecule has 0 saturated heterocycles. The van der Waals surface area contributed by atoms with Gasteiger partial charge in [0, 0.05) is 25.9 Å². The number of rotatable bonds is 1. The summed E-state index contributed by atoms with van der Waals surface area (Å²) in [4.78, 5) is 0. The molecule has 0 spiro atoms. The maximum absolute atomic E-state index is 8.95. The Kier molecular flexibility index (Phi) is 6.63. The summed E-state index contributed by atoms with van der Waals surface area (Å²) in [7, 11) is 1.93. The Morgan fingerprint density at radius 2 is 2.25 bits per heavy atom. The average molecular weight is 298 g/mol. The Morgan fingerprint density at radius 1 is 1.50 bits per heavy atom. The quantitative estimate of drug-likeness (QED) is 0.757. The minimum Gasteiger partial charge on any atom is -0.508 e. The van der Waals surface area contributed by atoms with Crippen LogP contribution in [0.2, 0.25) is 0 Å². The topological polar surface area (TPSA) is 74.1 Å². The van der Waals surface area contributed by atoms with Gasteiger partial charge >= 0.3 is 0 Å². The summed E-state index contributed by atoms with van der Waals surface area (Å²) in [6, 6.07) is 6.71. The van der Waals surface area contributed by atoms with Crippen LogP contribution in [0.5, 0.6) is 5.75 Å². The summed E-state index contributed by atoms with van der Waals surface area (Å²) in [6.45, 7) is -0.104.